The van der Waals surface area contributed by atoms with E-state index in [4.69, 9.17) is 5.73 Å². The van der Waals surface area contributed by atoms with Crippen LogP contribution in [0.1, 0.15) is 17.2 Å². The molecular formula is C15H17N3O4S. The van der Waals surface area contributed by atoms with Gasteiger partial charge in [-0.1, -0.05) is 30.3 Å². The summed E-state index contributed by atoms with van der Waals surface area (Å²) in [7, 11) is -3.78. The molecule has 122 valence electrons. The Labute approximate surface area is 134 Å². The Kier molecular flexibility index (Phi) is 5.09. The van der Waals surface area contributed by atoms with Crippen LogP contribution in [-0.4, -0.2) is 19.9 Å². The maximum absolute atomic E-state index is 12.3. The van der Waals surface area contributed by atoms with Gasteiger partial charge in [0.2, 0.25) is 10.0 Å². The molecule has 23 heavy (non-hydrogen) atoms. The summed E-state index contributed by atoms with van der Waals surface area (Å²) in [6.45, 7) is 1.52. The second-order valence-electron chi connectivity index (χ2n) is 5.07. The first kappa shape index (κ1) is 17.1. The predicted octanol–water partition coefficient (Wildman–Crippen LogP) is 1.88. The summed E-state index contributed by atoms with van der Waals surface area (Å²) in [4.78, 5) is 10.2. The van der Waals surface area contributed by atoms with Crippen LogP contribution in [-0.2, 0) is 10.0 Å². The van der Waals surface area contributed by atoms with E-state index in [2.05, 4.69) is 4.72 Å². The van der Waals surface area contributed by atoms with Crippen LogP contribution >= 0.6 is 0 Å². The molecule has 0 fully saturated rings. The minimum atomic E-state index is -3.78. The molecule has 1 atom stereocenters. The number of nitrogens with zero attached hydrogens (tertiary/aromatic N) is 1. The molecule has 7 nitrogen and oxygen atoms in total. The minimum Gasteiger partial charge on any atom is -0.323 e. The van der Waals surface area contributed by atoms with Gasteiger partial charge in [0, 0.05) is 24.2 Å². The van der Waals surface area contributed by atoms with E-state index in [0.717, 1.165) is 5.56 Å². The molecule has 0 radical (unpaired) electrons. The Morgan fingerprint density at radius 1 is 1.22 bits per heavy atom. The third-order valence-electron chi connectivity index (χ3n) is 3.40. The molecule has 8 heteroatoms. The summed E-state index contributed by atoms with van der Waals surface area (Å²) >= 11 is 0. The van der Waals surface area contributed by atoms with Crippen molar-refractivity contribution in [3.05, 3.63) is 69.8 Å². The summed E-state index contributed by atoms with van der Waals surface area (Å²) in [6, 6.07) is 12.3. The van der Waals surface area contributed by atoms with Gasteiger partial charge in [-0.05, 0) is 24.6 Å². The predicted molar refractivity (Wildman–Crippen MR) is 86.4 cm³/mol. The van der Waals surface area contributed by atoms with Crippen molar-refractivity contribution in [3.63, 3.8) is 0 Å². The maximum Gasteiger partial charge on any atom is 0.272 e. The van der Waals surface area contributed by atoms with Gasteiger partial charge in [-0.2, -0.15) is 0 Å². The van der Waals surface area contributed by atoms with Gasteiger partial charge in [0.15, 0.2) is 0 Å². The van der Waals surface area contributed by atoms with Crippen molar-refractivity contribution in [2.75, 3.05) is 6.54 Å². The molecule has 0 aromatic heterocycles. The number of nitrogens with two attached hydrogens (primary N) is 1. The molecule has 0 bridgehead atoms. The molecule has 0 aliphatic rings. The van der Waals surface area contributed by atoms with Crippen molar-refractivity contribution >= 4 is 15.7 Å². The standard InChI is InChI=1S/C15H17N3O4S/c1-11-9-13(7-8-15(11)18(19)20)23(21,22)17-10-14(16)12-5-3-2-4-6-12/h2-9,14,17H,10,16H2,1H3. The lowest BCUT2D eigenvalue weighted by Gasteiger charge is -2.13. The van der Waals surface area contributed by atoms with Gasteiger partial charge >= 0.3 is 0 Å². The van der Waals surface area contributed by atoms with E-state index < -0.39 is 21.0 Å². The second-order valence-corrected chi connectivity index (χ2v) is 6.84. The highest BCUT2D eigenvalue weighted by molar-refractivity contribution is 7.89. The SMILES string of the molecule is Cc1cc(S(=O)(=O)NCC(N)c2ccccc2)ccc1[N+](=O)[O-]. The first-order chi connectivity index (χ1) is 10.8. The maximum atomic E-state index is 12.3. The first-order valence-electron chi connectivity index (χ1n) is 6.86. The largest absolute Gasteiger partial charge is 0.323 e. The Hall–Kier alpha value is -2.29. The molecular weight excluding hydrogens is 318 g/mol. The fourth-order valence-corrected chi connectivity index (χ4v) is 3.25. The molecule has 2 aromatic carbocycles. The van der Waals surface area contributed by atoms with Crippen LogP contribution in [0.25, 0.3) is 0 Å². The zero-order valence-electron chi connectivity index (χ0n) is 12.5. The molecule has 2 rings (SSSR count). The lowest BCUT2D eigenvalue weighted by Crippen LogP contribution is -2.32. The van der Waals surface area contributed by atoms with E-state index in [-0.39, 0.29) is 22.7 Å². The van der Waals surface area contributed by atoms with E-state index >= 15 is 0 Å². The number of aryl methyl sites for hydroxylation is 1. The number of nitro groups is 1. The van der Waals surface area contributed by atoms with Crippen LogP contribution in [0.2, 0.25) is 0 Å². The lowest BCUT2D eigenvalue weighted by molar-refractivity contribution is -0.385. The van der Waals surface area contributed by atoms with Gasteiger partial charge < -0.3 is 5.73 Å². The van der Waals surface area contributed by atoms with Crippen molar-refractivity contribution in [1.82, 2.24) is 4.72 Å². The third-order valence-corrected chi connectivity index (χ3v) is 4.82. The fourth-order valence-electron chi connectivity index (χ4n) is 2.10. The molecule has 0 aliphatic heterocycles. The van der Waals surface area contributed by atoms with Gasteiger partial charge in [0.25, 0.3) is 5.69 Å². The summed E-state index contributed by atoms with van der Waals surface area (Å²) < 4.78 is 27.0. The van der Waals surface area contributed by atoms with Crippen LogP contribution in [0.5, 0.6) is 0 Å². The van der Waals surface area contributed by atoms with Crippen LogP contribution in [0.4, 0.5) is 5.69 Å². The number of sulfonamides is 1. The normalized spacial score (nSPS) is 12.8. The number of hydrogen-bond donors (Lipinski definition) is 2. The minimum absolute atomic E-state index is 0.0270. The fraction of sp³-hybridized carbons (Fsp3) is 0.200. The van der Waals surface area contributed by atoms with Gasteiger partial charge in [-0.3, -0.25) is 10.1 Å². The van der Waals surface area contributed by atoms with Crippen LogP contribution < -0.4 is 10.5 Å². The van der Waals surface area contributed by atoms with Gasteiger partial charge in [-0.25, -0.2) is 13.1 Å². The Bertz CT molecular complexity index is 807. The van der Waals surface area contributed by atoms with E-state index in [9.17, 15) is 18.5 Å². The van der Waals surface area contributed by atoms with Crippen molar-refractivity contribution in [3.8, 4) is 0 Å². The van der Waals surface area contributed by atoms with Crippen molar-refractivity contribution < 1.29 is 13.3 Å². The van der Waals surface area contributed by atoms with Crippen LogP contribution in [0.3, 0.4) is 0 Å². The van der Waals surface area contributed by atoms with E-state index in [1.54, 1.807) is 0 Å². The van der Waals surface area contributed by atoms with E-state index in [1.165, 1.54) is 25.1 Å². The molecule has 0 saturated carbocycles. The molecule has 2 aromatic rings. The van der Waals surface area contributed by atoms with E-state index in [0.29, 0.717) is 0 Å². The zero-order chi connectivity index (χ0) is 17.0. The number of benzene rings is 2. The molecule has 1 unspecified atom stereocenters. The monoisotopic (exact) mass is 335 g/mol. The summed E-state index contributed by atoms with van der Waals surface area (Å²) in [5.41, 5.74) is 6.93. The highest BCUT2D eigenvalue weighted by Gasteiger charge is 2.19. The van der Waals surface area contributed by atoms with Crippen molar-refractivity contribution in [2.24, 2.45) is 5.73 Å². The zero-order valence-corrected chi connectivity index (χ0v) is 13.3. The van der Waals surface area contributed by atoms with Crippen LogP contribution in [0, 0.1) is 17.0 Å². The average Bonchev–Trinajstić information content (AvgIpc) is 2.53. The summed E-state index contributed by atoms with van der Waals surface area (Å²) in [5.74, 6) is 0. The van der Waals surface area contributed by atoms with Crippen molar-refractivity contribution in [1.29, 1.82) is 0 Å². The Balaban J connectivity index is 2.13. The number of hydrogen-bond acceptors (Lipinski definition) is 5. The second kappa shape index (κ2) is 6.86. The lowest BCUT2D eigenvalue weighted by atomic mass is 10.1. The number of nitrogens with one attached hydrogen (secondary N) is 1. The summed E-state index contributed by atoms with van der Waals surface area (Å²) in [6.07, 6.45) is 0. The average molecular weight is 335 g/mol. The van der Waals surface area contributed by atoms with Crippen molar-refractivity contribution in [2.45, 2.75) is 17.9 Å². The molecule has 0 heterocycles. The highest BCUT2D eigenvalue weighted by Crippen LogP contribution is 2.21. The van der Waals surface area contributed by atoms with Gasteiger partial charge in [0.1, 0.15) is 0 Å². The number of rotatable bonds is 6. The van der Waals surface area contributed by atoms with Gasteiger partial charge in [-0.15, -0.1) is 0 Å². The molecule has 0 saturated heterocycles. The highest BCUT2D eigenvalue weighted by atomic mass is 32.2. The van der Waals surface area contributed by atoms with E-state index in [1.807, 2.05) is 30.3 Å². The Morgan fingerprint density at radius 3 is 2.43 bits per heavy atom. The first-order valence-corrected chi connectivity index (χ1v) is 8.35. The van der Waals surface area contributed by atoms with Gasteiger partial charge in [0.05, 0.1) is 9.82 Å². The molecule has 0 spiro atoms. The summed E-state index contributed by atoms with van der Waals surface area (Å²) in [5, 5.41) is 10.8. The number of nitro benzene ring substituents is 1. The smallest absolute Gasteiger partial charge is 0.272 e. The topological polar surface area (TPSA) is 115 Å². The molecule has 3 N–H and O–H groups in total. The molecule has 0 amide bonds. The molecule has 0 aliphatic carbocycles. The third kappa shape index (κ3) is 4.13. The Morgan fingerprint density at radius 2 is 1.87 bits per heavy atom. The van der Waals surface area contributed by atoms with Crippen LogP contribution in [0.15, 0.2) is 53.4 Å². The quantitative estimate of drug-likeness (QED) is 0.618.